The number of hydrogen-bond acceptors (Lipinski definition) is 8. The number of carboxylic acids is 1. The highest BCUT2D eigenvalue weighted by Gasteiger charge is 2.52. The first kappa shape index (κ1) is 31.0. The minimum atomic E-state index is -4.57. The number of methoxy groups -OCH3 is 1. The molecule has 1 rings (SSSR count). The molecule has 0 aliphatic heterocycles. The first-order valence-electron chi connectivity index (χ1n) is 11.3. The van der Waals surface area contributed by atoms with Crippen LogP contribution in [-0.4, -0.2) is 69.6 Å². The molecule has 1 aromatic carbocycles. The summed E-state index contributed by atoms with van der Waals surface area (Å²) in [5.41, 5.74) is -3.08. The molecule has 0 aliphatic carbocycles. The van der Waals surface area contributed by atoms with Crippen LogP contribution in [0.5, 0.6) is 11.5 Å². The Morgan fingerprint density at radius 2 is 1.77 bits per heavy atom. The molecule has 0 aliphatic rings. The Labute approximate surface area is 204 Å². The third-order valence-electron chi connectivity index (χ3n) is 4.66. The van der Waals surface area contributed by atoms with Gasteiger partial charge in [0.15, 0.2) is 0 Å². The summed E-state index contributed by atoms with van der Waals surface area (Å²) in [6.07, 6.45) is 0.0295. The summed E-state index contributed by atoms with van der Waals surface area (Å²) in [4.78, 5) is 11.6. The summed E-state index contributed by atoms with van der Waals surface area (Å²) < 4.78 is 71.7. The van der Waals surface area contributed by atoms with Gasteiger partial charge in [-0.15, -0.1) is 0 Å². The van der Waals surface area contributed by atoms with Gasteiger partial charge in [0.05, 0.1) is 45.2 Å². The summed E-state index contributed by atoms with van der Waals surface area (Å²) in [6.45, 7) is 6.07. The number of alkyl halides is 2. The van der Waals surface area contributed by atoms with Crippen LogP contribution in [0.15, 0.2) is 23.8 Å². The Kier molecular flexibility index (Phi) is 13.4. The van der Waals surface area contributed by atoms with Crippen molar-refractivity contribution in [1.29, 1.82) is 0 Å². The van der Waals surface area contributed by atoms with Gasteiger partial charge in [0, 0.05) is 24.7 Å². The van der Waals surface area contributed by atoms with Crippen molar-refractivity contribution >= 4 is 19.6 Å². The lowest BCUT2D eigenvalue weighted by molar-refractivity contribution is -0.133. The lowest BCUT2D eigenvalue weighted by Crippen LogP contribution is -2.23. The fourth-order valence-electron chi connectivity index (χ4n) is 2.98. The second-order valence-electron chi connectivity index (χ2n) is 7.12. The molecule has 0 spiro atoms. The van der Waals surface area contributed by atoms with Crippen LogP contribution in [0.2, 0.25) is 0 Å². The number of benzene rings is 1. The molecular formula is C23H35F2O9P. The van der Waals surface area contributed by atoms with Gasteiger partial charge in [0.2, 0.25) is 0 Å². The fourth-order valence-corrected chi connectivity index (χ4v) is 4.48. The fraction of sp³-hybridized carbons (Fsp3) is 0.609. The zero-order valence-corrected chi connectivity index (χ0v) is 21.6. The molecular weight excluding hydrogens is 489 g/mol. The van der Waals surface area contributed by atoms with Crippen LogP contribution in [0.3, 0.4) is 0 Å². The Morgan fingerprint density at radius 1 is 1.11 bits per heavy atom. The normalized spacial score (nSPS) is 13.5. The molecule has 0 amide bonds. The van der Waals surface area contributed by atoms with E-state index in [1.54, 1.807) is 32.0 Å². The van der Waals surface area contributed by atoms with Crippen molar-refractivity contribution in [3.63, 3.8) is 0 Å². The first-order valence-corrected chi connectivity index (χ1v) is 12.8. The molecule has 1 unspecified atom stereocenters. The van der Waals surface area contributed by atoms with E-state index < -0.39 is 31.8 Å². The molecule has 9 nitrogen and oxygen atoms in total. The monoisotopic (exact) mass is 524 g/mol. The maximum atomic E-state index is 14.3. The van der Waals surface area contributed by atoms with Crippen LogP contribution in [0.25, 0.3) is 6.08 Å². The molecule has 12 heteroatoms. The Morgan fingerprint density at radius 3 is 2.31 bits per heavy atom. The van der Waals surface area contributed by atoms with Gasteiger partial charge in [-0.1, -0.05) is 0 Å². The molecule has 0 heterocycles. The number of carboxylic acid groups (broad SMARTS) is 1. The number of rotatable bonds is 18. The number of hydrogen-bond donors (Lipinski definition) is 1. The van der Waals surface area contributed by atoms with E-state index in [4.69, 9.17) is 28.0 Å². The van der Waals surface area contributed by atoms with Gasteiger partial charge in [-0.2, -0.15) is 8.78 Å². The smallest absolute Gasteiger partial charge is 0.399 e. The van der Waals surface area contributed by atoms with Crippen molar-refractivity contribution in [3.05, 3.63) is 29.3 Å². The standard InChI is InChI=1S/C23H35F2O9P/c1-6-31-17(4)20(22(26)27)15-18-9-10-19(16-21(18)29-5)32-14-13-30-12-11-23(24,25)35(28,33-7-2)34-8-3/h9-10,15-17H,6-8,11-14H2,1-5H3,(H,26,27). The van der Waals surface area contributed by atoms with Gasteiger partial charge >= 0.3 is 19.2 Å². The summed E-state index contributed by atoms with van der Waals surface area (Å²) >= 11 is 0. The predicted octanol–water partition coefficient (Wildman–Crippen LogP) is 5.23. The number of ether oxygens (including phenoxy) is 4. The first-order chi connectivity index (χ1) is 16.5. The van der Waals surface area contributed by atoms with Gasteiger partial charge in [0.1, 0.15) is 18.1 Å². The molecule has 0 radical (unpaired) electrons. The maximum absolute atomic E-state index is 14.3. The zero-order chi connectivity index (χ0) is 26.5. The van der Waals surface area contributed by atoms with Crippen LogP contribution < -0.4 is 9.47 Å². The molecule has 1 N–H and O–H groups in total. The van der Waals surface area contributed by atoms with E-state index in [1.165, 1.54) is 27.0 Å². The molecule has 0 fully saturated rings. The number of aliphatic carboxylic acids is 1. The van der Waals surface area contributed by atoms with Gasteiger partial charge in [0.25, 0.3) is 0 Å². The Bertz CT molecular complexity index is 867. The van der Waals surface area contributed by atoms with Crippen molar-refractivity contribution in [2.45, 2.75) is 45.9 Å². The largest absolute Gasteiger partial charge is 0.496 e. The highest BCUT2D eigenvalue weighted by atomic mass is 31.2. The van der Waals surface area contributed by atoms with Crippen molar-refractivity contribution in [1.82, 2.24) is 0 Å². The van der Waals surface area contributed by atoms with Crippen molar-refractivity contribution in [2.24, 2.45) is 0 Å². The molecule has 0 saturated heterocycles. The highest BCUT2D eigenvalue weighted by Crippen LogP contribution is 2.63. The van der Waals surface area contributed by atoms with Crippen molar-refractivity contribution < 1.29 is 51.2 Å². The summed E-state index contributed by atoms with van der Waals surface area (Å²) in [5, 5.41) is 9.48. The average molecular weight is 524 g/mol. The van der Waals surface area contributed by atoms with E-state index in [0.29, 0.717) is 23.7 Å². The van der Waals surface area contributed by atoms with Gasteiger partial charge < -0.3 is 33.1 Å². The van der Waals surface area contributed by atoms with E-state index in [9.17, 15) is 23.2 Å². The second-order valence-corrected chi connectivity index (χ2v) is 9.28. The van der Waals surface area contributed by atoms with Gasteiger partial charge in [-0.25, -0.2) is 4.79 Å². The average Bonchev–Trinajstić information content (AvgIpc) is 2.80. The lowest BCUT2D eigenvalue weighted by atomic mass is 10.1. The van der Waals surface area contributed by atoms with Crippen LogP contribution in [0.4, 0.5) is 8.78 Å². The van der Waals surface area contributed by atoms with E-state index >= 15 is 0 Å². The molecule has 1 aromatic rings. The summed E-state index contributed by atoms with van der Waals surface area (Å²) in [6, 6.07) is 4.83. The number of carbonyl (C=O) groups is 1. The van der Waals surface area contributed by atoms with E-state index in [1.807, 2.05) is 0 Å². The third-order valence-corrected chi connectivity index (χ3v) is 6.88. The predicted molar refractivity (Wildman–Crippen MR) is 126 cm³/mol. The molecule has 0 aromatic heterocycles. The Balaban J connectivity index is 2.67. The van der Waals surface area contributed by atoms with E-state index in [0.717, 1.165) is 0 Å². The summed E-state index contributed by atoms with van der Waals surface area (Å²) in [5.74, 6) is -0.303. The van der Waals surface area contributed by atoms with Crippen LogP contribution >= 0.6 is 7.60 Å². The highest BCUT2D eigenvalue weighted by molar-refractivity contribution is 7.55. The molecule has 0 bridgehead atoms. The van der Waals surface area contributed by atoms with Crippen LogP contribution in [0, 0.1) is 0 Å². The summed E-state index contributed by atoms with van der Waals surface area (Å²) in [7, 11) is -3.13. The van der Waals surface area contributed by atoms with Crippen LogP contribution in [-0.2, 0) is 27.9 Å². The van der Waals surface area contributed by atoms with Crippen molar-refractivity contribution in [2.75, 3.05) is 46.8 Å². The van der Waals surface area contributed by atoms with Gasteiger partial charge in [-0.05, 0) is 45.9 Å². The van der Waals surface area contributed by atoms with E-state index in [-0.39, 0.29) is 38.6 Å². The molecule has 1 atom stereocenters. The number of halogens is 2. The molecule has 0 saturated carbocycles. The van der Waals surface area contributed by atoms with Gasteiger partial charge in [-0.3, -0.25) is 4.57 Å². The maximum Gasteiger partial charge on any atom is 0.399 e. The molecule has 200 valence electrons. The quantitative estimate of drug-likeness (QED) is 0.157. The minimum Gasteiger partial charge on any atom is -0.496 e. The minimum absolute atomic E-state index is 0.00263. The zero-order valence-electron chi connectivity index (χ0n) is 20.8. The van der Waals surface area contributed by atoms with E-state index in [2.05, 4.69) is 0 Å². The SMILES string of the molecule is CCOC(C)C(=Cc1ccc(OCCOCCC(F)(F)P(=O)(OCC)OCC)cc1OC)C(=O)O. The topological polar surface area (TPSA) is 110 Å². The van der Waals surface area contributed by atoms with Crippen LogP contribution in [0.1, 0.15) is 39.7 Å². The van der Waals surface area contributed by atoms with Crippen molar-refractivity contribution in [3.8, 4) is 11.5 Å². The lowest BCUT2D eigenvalue weighted by Gasteiger charge is -2.25. The Hall–Kier alpha value is -2.04. The molecule has 35 heavy (non-hydrogen) atoms. The third kappa shape index (κ3) is 9.50. The second kappa shape index (κ2) is 15.2.